The number of quaternary nitrogens is 2. The first-order valence-corrected chi connectivity index (χ1v) is 10.2. The van der Waals surface area contributed by atoms with Crippen molar-refractivity contribution in [2.75, 3.05) is 39.3 Å². The van der Waals surface area contributed by atoms with E-state index in [-0.39, 0.29) is 18.0 Å². The van der Waals surface area contributed by atoms with Crippen LogP contribution < -0.4 is 9.80 Å². The lowest BCUT2D eigenvalue weighted by Gasteiger charge is -2.34. The van der Waals surface area contributed by atoms with Gasteiger partial charge in [-0.25, -0.2) is 9.07 Å². The number of tetrazole rings is 1. The summed E-state index contributed by atoms with van der Waals surface area (Å²) in [6.45, 7) is 10.2. The van der Waals surface area contributed by atoms with Gasteiger partial charge in [-0.05, 0) is 41.5 Å². The fraction of sp³-hybridized carbons (Fsp3) is 0.550. The lowest BCUT2D eigenvalue weighted by Crippen LogP contribution is -3.28. The first-order chi connectivity index (χ1) is 13.8. The summed E-state index contributed by atoms with van der Waals surface area (Å²) in [5.41, 5.74) is 0.660. The highest BCUT2D eigenvalue weighted by Gasteiger charge is 2.37. The highest BCUT2D eigenvalue weighted by Crippen LogP contribution is 2.21. The van der Waals surface area contributed by atoms with E-state index in [0.717, 1.165) is 58.0 Å². The Kier molecular flexibility index (Phi) is 6.09. The van der Waals surface area contributed by atoms with E-state index in [1.54, 1.807) is 6.07 Å². The van der Waals surface area contributed by atoms with Crippen molar-refractivity contribution in [2.24, 2.45) is 0 Å². The van der Waals surface area contributed by atoms with Gasteiger partial charge in [0.25, 0.3) is 0 Å². The maximum atomic E-state index is 14.8. The summed E-state index contributed by atoms with van der Waals surface area (Å²) in [6.07, 6.45) is 4.18. The molecule has 0 unspecified atom stereocenters. The van der Waals surface area contributed by atoms with E-state index in [0.29, 0.717) is 12.1 Å². The number of benzene rings is 1. The number of hydrogen-bond acceptors (Lipinski definition) is 4. The smallest absolute Gasteiger partial charge is 0.214 e. The van der Waals surface area contributed by atoms with Crippen LogP contribution in [0.25, 0.3) is 0 Å². The summed E-state index contributed by atoms with van der Waals surface area (Å²) >= 11 is 0. The van der Waals surface area contributed by atoms with Gasteiger partial charge < -0.3 is 14.5 Å². The van der Waals surface area contributed by atoms with E-state index in [4.69, 9.17) is 4.74 Å². The van der Waals surface area contributed by atoms with Crippen LogP contribution in [0.4, 0.5) is 4.39 Å². The van der Waals surface area contributed by atoms with Crippen LogP contribution in [0.5, 0.6) is 0 Å². The average molecular weight is 388 g/mol. The van der Waals surface area contributed by atoms with E-state index >= 15 is 0 Å². The number of halogens is 1. The molecule has 2 aliphatic heterocycles. The molecule has 2 aliphatic rings. The minimum absolute atomic E-state index is 0.132. The monoisotopic (exact) mass is 388 g/mol. The van der Waals surface area contributed by atoms with Crippen molar-refractivity contribution in [3.63, 3.8) is 0 Å². The van der Waals surface area contributed by atoms with Crippen molar-refractivity contribution in [1.82, 2.24) is 20.2 Å². The van der Waals surface area contributed by atoms with E-state index in [2.05, 4.69) is 22.1 Å². The zero-order valence-electron chi connectivity index (χ0n) is 16.2. The van der Waals surface area contributed by atoms with Crippen LogP contribution in [0.2, 0.25) is 0 Å². The third kappa shape index (κ3) is 4.14. The summed E-state index contributed by atoms with van der Waals surface area (Å²) in [5, 5.41) is 12.5. The largest absolute Gasteiger partial charge is 0.376 e. The molecule has 0 amide bonds. The Bertz CT molecular complexity index is 783. The molecule has 0 bridgehead atoms. The minimum atomic E-state index is -0.220. The van der Waals surface area contributed by atoms with Gasteiger partial charge in [0, 0.05) is 6.61 Å². The van der Waals surface area contributed by atoms with Crippen molar-refractivity contribution < 1.29 is 18.9 Å². The zero-order valence-corrected chi connectivity index (χ0v) is 16.2. The third-order valence-electron chi connectivity index (χ3n) is 5.88. The maximum absolute atomic E-state index is 14.8. The van der Waals surface area contributed by atoms with Gasteiger partial charge in [-0.15, -0.1) is 5.10 Å². The first-order valence-electron chi connectivity index (χ1n) is 10.2. The number of rotatable bonds is 7. The lowest BCUT2D eigenvalue weighted by molar-refractivity contribution is -1.02. The minimum Gasteiger partial charge on any atom is -0.376 e. The average Bonchev–Trinajstić information content (AvgIpc) is 3.38. The van der Waals surface area contributed by atoms with Crippen LogP contribution in [-0.2, 0) is 11.3 Å². The quantitative estimate of drug-likeness (QED) is 0.601. The second kappa shape index (κ2) is 8.89. The predicted octanol–water partition coefficient (Wildman–Crippen LogP) is -0.950. The number of nitrogens with one attached hydrogen (secondary N) is 2. The van der Waals surface area contributed by atoms with Gasteiger partial charge >= 0.3 is 0 Å². The summed E-state index contributed by atoms with van der Waals surface area (Å²) < 4.78 is 22.4. The standard InChI is InChI=1S/C20H27FN6O/c1-2-9-25-10-12-26(13-11-25)19(17-7-3-4-8-18(17)21)20-22-23-24-27(20)15-16-6-5-14-28-16/h2-4,7-8,16,19H,1,5-6,9-15H2/p+2/t16-,19+/m1/s1. The number of piperazine rings is 1. The molecule has 8 heteroatoms. The molecule has 28 heavy (non-hydrogen) atoms. The Morgan fingerprint density at radius 2 is 2.11 bits per heavy atom. The van der Waals surface area contributed by atoms with E-state index in [1.807, 2.05) is 22.9 Å². The molecule has 2 fully saturated rings. The molecule has 3 heterocycles. The van der Waals surface area contributed by atoms with Crippen LogP contribution in [0.15, 0.2) is 36.9 Å². The molecular weight excluding hydrogens is 359 g/mol. The molecule has 0 radical (unpaired) electrons. The highest BCUT2D eigenvalue weighted by molar-refractivity contribution is 5.24. The third-order valence-corrected chi connectivity index (χ3v) is 5.88. The SMILES string of the molecule is C=CC[NH+]1CC[NH+]([C@@H](c2ccccc2F)c2nnnn2C[C@H]2CCCO2)CC1. The number of hydrogen-bond donors (Lipinski definition) is 2. The highest BCUT2D eigenvalue weighted by atomic mass is 19.1. The first kappa shape index (κ1) is 19.2. The molecule has 2 atom stereocenters. The second-order valence-corrected chi connectivity index (χ2v) is 7.71. The summed E-state index contributed by atoms with van der Waals surface area (Å²) in [5.74, 6) is 0.523. The number of aromatic nitrogens is 4. The van der Waals surface area contributed by atoms with Crippen LogP contribution in [-0.4, -0.2) is 65.6 Å². The van der Waals surface area contributed by atoms with Gasteiger partial charge in [-0.1, -0.05) is 18.7 Å². The van der Waals surface area contributed by atoms with Gasteiger partial charge in [0.05, 0.1) is 24.8 Å². The summed E-state index contributed by atoms with van der Waals surface area (Å²) in [7, 11) is 0. The molecule has 2 saturated heterocycles. The van der Waals surface area contributed by atoms with Gasteiger partial charge in [0.2, 0.25) is 5.82 Å². The van der Waals surface area contributed by atoms with Crippen molar-refractivity contribution in [1.29, 1.82) is 0 Å². The van der Waals surface area contributed by atoms with Crippen molar-refractivity contribution >= 4 is 0 Å². The Morgan fingerprint density at radius 1 is 1.29 bits per heavy atom. The van der Waals surface area contributed by atoms with Crippen LogP contribution in [0, 0.1) is 5.82 Å². The Balaban J connectivity index is 1.62. The van der Waals surface area contributed by atoms with E-state index in [9.17, 15) is 4.39 Å². The summed E-state index contributed by atoms with van der Waals surface area (Å²) in [6, 6.07) is 6.78. The zero-order chi connectivity index (χ0) is 19.3. The number of nitrogens with zero attached hydrogens (tertiary/aromatic N) is 4. The van der Waals surface area contributed by atoms with Crippen molar-refractivity contribution in [3.8, 4) is 0 Å². The van der Waals surface area contributed by atoms with E-state index in [1.165, 1.54) is 15.9 Å². The van der Waals surface area contributed by atoms with Gasteiger partial charge in [-0.3, -0.25) is 0 Å². The molecule has 150 valence electrons. The fourth-order valence-electron chi connectivity index (χ4n) is 4.40. The molecule has 7 nitrogen and oxygen atoms in total. The molecule has 2 N–H and O–H groups in total. The fourth-order valence-corrected chi connectivity index (χ4v) is 4.40. The molecule has 1 aromatic carbocycles. The van der Waals surface area contributed by atoms with Gasteiger partial charge in [0.15, 0.2) is 6.04 Å². The molecule has 4 rings (SSSR count). The van der Waals surface area contributed by atoms with Gasteiger partial charge in [0.1, 0.15) is 32.0 Å². The van der Waals surface area contributed by atoms with Crippen LogP contribution in [0.3, 0.4) is 0 Å². The Morgan fingerprint density at radius 3 is 2.82 bits per heavy atom. The topological polar surface area (TPSA) is 61.7 Å². The van der Waals surface area contributed by atoms with Crippen molar-refractivity contribution in [2.45, 2.75) is 31.5 Å². The second-order valence-electron chi connectivity index (χ2n) is 7.71. The molecule has 0 spiro atoms. The Hall–Kier alpha value is -2.16. The molecule has 2 aromatic rings. The molecule has 1 aromatic heterocycles. The molecule has 0 aliphatic carbocycles. The van der Waals surface area contributed by atoms with Gasteiger partial charge in [-0.2, -0.15) is 0 Å². The van der Waals surface area contributed by atoms with Crippen molar-refractivity contribution in [3.05, 3.63) is 54.1 Å². The maximum Gasteiger partial charge on any atom is 0.214 e. The number of ether oxygens (including phenoxy) is 1. The Labute approximate surface area is 164 Å². The van der Waals surface area contributed by atoms with Crippen LogP contribution >= 0.6 is 0 Å². The van der Waals surface area contributed by atoms with Crippen LogP contribution in [0.1, 0.15) is 30.3 Å². The predicted molar refractivity (Wildman–Crippen MR) is 101 cm³/mol. The lowest BCUT2D eigenvalue weighted by atomic mass is 10.0. The van der Waals surface area contributed by atoms with E-state index < -0.39 is 0 Å². The molecule has 0 saturated carbocycles. The molecular formula is C20H29FN6O+2. The normalized spacial score (nSPS) is 26.2. The summed E-state index contributed by atoms with van der Waals surface area (Å²) in [4.78, 5) is 2.83.